The summed E-state index contributed by atoms with van der Waals surface area (Å²) in [5.41, 5.74) is 2.92. The predicted molar refractivity (Wildman–Crippen MR) is 85.2 cm³/mol. The Labute approximate surface area is 124 Å². The van der Waals surface area contributed by atoms with Gasteiger partial charge in [0.1, 0.15) is 25.4 Å². The molecule has 0 saturated carbocycles. The van der Waals surface area contributed by atoms with Crippen molar-refractivity contribution in [3.8, 4) is 0 Å². The van der Waals surface area contributed by atoms with E-state index in [1.807, 2.05) is 6.92 Å². The molecule has 112 valence electrons. The fraction of sp³-hybridized carbons (Fsp3) is 0.667. The molecular weight excluding hydrogens is 246 g/mol. The van der Waals surface area contributed by atoms with Crippen molar-refractivity contribution in [3.63, 3.8) is 0 Å². The van der Waals surface area contributed by atoms with Crippen LogP contribution in [0.15, 0.2) is 35.6 Å². The summed E-state index contributed by atoms with van der Waals surface area (Å²) in [4.78, 5) is 0. The Kier molecular flexibility index (Phi) is 5.62. The van der Waals surface area contributed by atoms with E-state index in [0.29, 0.717) is 0 Å². The number of hydrogen-bond donors (Lipinski definition) is 1. The zero-order valence-electron chi connectivity index (χ0n) is 13.1. The number of allylic oxidation sites excluding steroid dienone is 4. The maximum absolute atomic E-state index is 9.88. The van der Waals surface area contributed by atoms with Gasteiger partial charge >= 0.3 is 0 Å². The normalized spacial score (nSPS) is 26.8. The Hall–Kier alpha value is -0.860. The largest absolute Gasteiger partial charge is 0.388 e. The van der Waals surface area contributed by atoms with Crippen LogP contribution in [-0.2, 0) is 0 Å². The van der Waals surface area contributed by atoms with Crippen LogP contribution in [0.3, 0.4) is 0 Å². The Morgan fingerprint density at radius 2 is 2.15 bits per heavy atom. The molecule has 1 N–H and O–H groups in total. The summed E-state index contributed by atoms with van der Waals surface area (Å²) < 4.78 is 0.935. The smallest absolute Gasteiger partial charge is 0.109 e. The van der Waals surface area contributed by atoms with Gasteiger partial charge in [-0.25, -0.2) is 0 Å². The van der Waals surface area contributed by atoms with Gasteiger partial charge in [-0.2, -0.15) is 0 Å². The first-order valence-corrected chi connectivity index (χ1v) is 8.28. The van der Waals surface area contributed by atoms with Crippen LogP contribution in [0.2, 0.25) is 0 Å². The Balaban J connectivity index is 2.08. The van der Waals surface area contributed by atoms with Crippen LogP contribution in [0.25, 0.3) is 0 Å². The lowest BCUT2D eigenvalue weighted by atomic mass is 9.92. The van der Waals surface area contributed by atoms with Gasteiger partial charge in [-0.15, -0.1) is 0 Å². The van der Waals surface area contributed by atoms with E-state index < -0.39 is 0 Å². The molecule has 0 aromatic carbocycles. The molecule has 0 aromatic rings. The summed E-state index contributed by atoms with van der Waals surface area (Å²) in [6, 6.07) is 0. The standard InChI is InChI=1S/C18H30NO/c1-3-4-5-8-12-19(14-16(2)20)13-11-17-9-6-7-10-18(17)15-19/h7,10-11,15-16,20H,3-6,8-9,12-14H2,1-2H3/q+1. The van der Waals surface area contributed by atoms with E-state index >= 15 is 0 Å². The first kappa shape index (κ1) is 15.5. The minimum atomic E-state index is -0.236. The molecule has 2 heteroatoms. The molecule has 1 aliphatic heterocycles. The van der Waals surface area contributed by atoms with Crippen LogP contribution in [0.4, 0.5) is 0 Å². The summed E-state index contributed by atoms with van der Waals surface area (Å²) in [6.07, 6.45) is 16.7. The molecule has 20 heavy (non-hydrogen) atoms. The topological polar surface area (TPSA) is 20.2 Å². The molecule has 2 nitrogen and oxygen atoms in total. The van der Waals surface area contributed by atoms with E-state index in [0.717, 1.165) is 24.1 Å². The number of quaternary nitrogens is 1. The number of nitrogens with zero attached hydrogens (tertiary/aromatic N) is 1. The van der Waals surface area contributed by atoms with Crippen molar-refractivity contribution in [2.75, 3.05) is 19.6 Å². The number of hydrogen-bond acceptors (Lipinski definition) is 1. The Morgan fingerprint density at radius 3 is 2.90 bits per heavy atom. The Morgan fingerprint density at radius 1 is 1.30 bits per heavy atom. The highest BCUT2D eigenvalue weighted by Crippen LogP contribution is 2.30. The SMILES string of the molecule is CCCCCC[N+]1(CC(C)O)C=C2C=CCCC2=CC1. The summed E-state index contributed by atoms with van der Waals surface area (Å²) >= 11 is 0. The van der Waals surface area contributed by atoms with Crippen LogP contribution >= 0.6 is 0 Å². The molecule has 0 bridgehead atoms. The third-order valence-electron chi connectivity index (χ3n) is 4.45. The van der Waals surface area contributed by atoms with Crippen molar-refractivity contribution < 1.29 is 9.59 Å². The second-order valence-electron chi connectivity index (χ2n) is 6.47. The van der Waals surface area contributed by atoms with Gasteiger partial charge in [0.05, 0.1) is 6.54 Å². The number of aliphatic hydroxyl groups excluding tert-OH is 1. The highest BCUT2D eigenvalue weighted by molar-refractivity contribution is 5.42. The number of unbranched alkanes of at least 4 members (excludes halogenated alkanes) is 3. The predicted octanol–water partition coefficient (Wildman–Crippen LogP) is 3.94. The zero-order chi connectivity index (χ0) is 14.4. The van der Waals surface area contributed by atoms with Gasteiger partial charge in [-0.05, 0) is 44.3 Å². The molecule has 0 saturated heterocycles. The molecule has 2 atom stereocenters. The first-order valence-electron chi connectivity index (χ1n) is 8.28. The van der Waals surface area contributed by atoms with Crippen LogP contribution in [0.1, 0.15) is 52.4 Å². The maximum Gasteiger partial charge on any atom is 0.109 e. The Bertz CT molecular complexity index is 406. The second kappa shape index (κ2) is 7.24. The molecule has 2 unspecified atom stereocenters. The molecular formula is C18H30NO+. The summed E-state index contributed by atoms with van der Waals surface area (Å²) in [5.74, 6) is 0. The van der Waals surface area contributed by atoms with E-state index in [9.17, 15) is 5.11 Å². The fourth-order valence-electron chi connectivity index (χ4n) is 3.44. The molecule has 0 radical (unpaired) electrons. The lowest BCUT2D eigenvalue weighted by molar-refractivity contribution is -0.878. The van der Waals surface area contributed by atoms with Crippen LogP contribution < -0.4 is 0 Å². The third-order valence-corrected chi connectivity index (χ3v) is 4.45. The van der Waals surface area contributed by atoms with Crippen molar-refractivity contribution in [1.82, 2.24) is 0 Å². The number of rotatable bonds is 7. The lowest BCUT2D eigenvalue weighted by Crippen LogP contribution is -2.49. The van der Waals surface area contributed by atoms with E-state index in [4.69, 9.17) is 0 Å². The molecule has 1 heterocycles. The van der Waals surface area contributed by atoms with Gasteiger partial charge in [0.15, 0.2) is 0 Å². The van der Waals surface area contributed by atoms with Gasteiger partial charge in [0, 0.05) is 5.57 Å². The molecule has 0 aromatic heterocycles. The minimum Gasteiger partial charge on any atom is -0.388 e. The molecule has 1 aliphatic carbocycles. The number of fused-ring (bicyclic) bond motifs is 1. The van der Waals surface area contributed by atoms with Gasteiger partial charge in [0.25, 0.3) is 0 Å². The van der Waals surface area contributed by atoms with Crippen LogP contribution in [0.5, 0.6) is 0 Å². The van der Waals surface area contributed by atoms with Crippen LogP contribution in [0, 0.1) is 0 Å². The van der Waals surface area contributed by atoms with E-state index in [2.05, 4.69) is 31.4 Å². The summed E-state index contributed by atoms with van der Waals surface area (Å²) in [7, 11) is 0. The molecule has 0 fully saturated rings. The van der Waals surface area contributed by atoms with E-state index in [-0.39, 0.29) is 6.10 Å². The average molecular weight is 276 g/mol. The van der Waals surface area contributed by atoms with E-state index in [1.165, 1.54) is 49.7 Å². The highest BCUT2D eigenvalue weighted by atomic mass is 16.3. The van der Waals surface area contributed by atoms with Gasteiger partial charge in [0.2, 0.25) is 0 Å². The molecule has 2 aliphatic rings. The van der Waals surface area contributed by atoms with Crippen molar-refractivity contribution in [1.29, 1.82) is 0 Å². The van der Waals surface area contributed by atoms with Gasteiger partial charge < -0.3 is 5.11 Å². The summed E-state index contributed by atoms with van der Waals surface area (Å²) in [5, 5.41) is 9.88. The third kappa shape index (κ3) is 4.07. The van der Waals surface area contributed by atoms with Gasteiger partial charge in [-0.3, -0.25) is 4.48 Å². The summed E-state index contributed by atoms with van der Waals surface area (Å²) in [6.45, 7) is 7.23. The number of aliphatic hydroxyl groups is 1. The minimum absolute atomic E-state index is 0.236. The second-order valence-corrected chi connectivity index (χ2v) is 6.47. The molecule has 0 amide bonds. The lowest BCUT2D eigenvalue weighted by Gasteiger charge is -2.39. The quantitative estimate of drug-likeness (QED) is 0.551. The van der Waals surface area contributed by atoms with Crippen LogP contribution in [-0.4, -0.2) is 35.3 Å². The fourth-order valence-corrected chi connectivity index (χ4v) is 3.44. The highest BCUT2D eigenvalue weighted by Gasteiger charge is 2.30. The average Bonchev–Trinajstić information content (AvgIpc) is 2.43. The molecule has 0 spiro atoms. The maximum atomic E-state index is 9.88. The monoisotopic (exact) mass is 276 g/mol. The van der Waals surface area contributed by atoms with Gasteiger partial charge in [-0.1, -0.05) is 31.9 Å². The van der Waals surface area contributed by atoms with E-state index in [1.54, 1.807) is 0 Å². The molecule has 2 rings (SSSR count). The zero-order valence-corrected chi connectivity index (χ0v) is 13.1. The van der Waals surface area contributed by atoms with Crippen molar-refractivity contribution in [2.45, 2.75) is 58.5 Å². The van der Waals surface area contributed by atoms with Crippen molar-refractivity contribution in [2.24, 2.45) is 0 Å². The van der Waals surface area contributed by atoms with Crippen molar-refractivity contribution in [3.05, 3.63) is 35.6 Å². The van der Waals surface area contributed by atoms with Crippen molar-refractivity contribution >= 4 is 0 Å². The first-order chi connectivity index (χ1) is 9.65.